The van der Waals surface area contributed by atoms with Gasteiger partial charge in [-0.25, -0.2) is 4.79 Å². The summed E-state index contributed by atoms with van der Waals surface area (Å²) < 4.78 is 5.79. The van der Waals surface area contributed by atoms with Crippen molar-refractivity contribution in [1.29, 1.82) is 0 Å². The Morgan fingerprint density at radius 1 is 1.71 bits per heavy atom. The predicted octanol–water partition coefficient (Wildman–Crippen LogP) is -2.56. The first-order valence-electron chi connectivity index (χ1n) is 5.66. The first-order chi connectivity index (χ1) is 7.62. The normalized spacial score (nSPS) is 23.1. The molecule has 0 amide bonds. The Balaban J connectivity index is 0.00000256. The average molecular weight is 265 g/mol. The number of halogens is 1. The number of nitrogens with zero attached hydrogens (tertiary/aromatic N) is 1. The maximum atomic E-state index is 11.3. The Hall–Kier alpha value is -0.620. The van der Waals surface area contributed by atoms with Gasteiger partial charge in [0.1, 0.15) is 13.6 Å². The van der Waals surface area contributed by atoms with E-state index < -0.39 is 5.97 Å². The number of carbonyl (C=O) groups excluding carboxylic acids is 1. The van der Waals surface area contributed by atoms with Crippen molar-refractivity contribution in [2.24, 2.45) is 0 Å². The topological polar surface area (TPSA) is 47.6 Å². The van der Waals surface area contributed by atoms with E-state index in [4.69, 9.17) is 9.57 Å². The van der Waals surface area contributed by atoms with Crippen LogP contribution in [0.1, 0.15) is 13.3 Å². The highest BCUT2D eigenvalue weighted by Crippen LogP contribution is 2.16. The van der Waals surface area contributed by atoms with Crippen molar-refractivity contribution in [3.05, 3.63) is 12.7 Å². The van der Waals surface area contributed by atoms with Gasteiger partial charge >= 0.3 is 5.97 Å². The molecule has 1 heterocycles. The predicted molar refractivity (Wildman–Crippen MR) is 60.2 cm³/mol. The van der Waals surface area contributed by atoms with Crippen LogP contribution in [0.5, 0.6) is 0 Å². The van der Waals surface area contributed by atoms with Crippen molar-refractivity contribution in [3.63, 3.8) is 0 Å². The number of hydrogen-bond acceptors (Lipinski definition) is 4. The number of nitrogens with one attached hydrogen (secondary N) is 1. The fourth-order valence-corrected chi connectivity index (χ4v) is 1.84. The lowest BCUT2D eigenvalue weighted by Crippen LogP contribution is -3.00. The molecule has 0 aromatic rings. The van der Waals surface area contributed by atoms with Crippen LogP contribution < -0.4 is 17.7 Å². The third-order valence-corrected chi connectivity index (χ3v) is 2.65. The first kappa shape index (κ1) is 16.4. The summed E-state index contributed by atoms with van der Waals surface area (Å²) in [4.78, 5) is 16.7. The quantitative estimate of drug-likeness (QED) is 0.337. The lowest BCUT2D eigenvalue weighted by Gasteiger charge is -2.38. The molecule has 0 saturated carbocycles. The summed E-state index contributed by atoms with van der Waals surface area (Å²) in [7, 11) is 1.86. The second-order valence-corrected chi connectivity index (χ2v) is 4.04. The van der Waals surface area contributed by atoms with Crippen LogP contribution in [0.2, 0.25) is 0 Å². The molecule has 0 aliphatic carbocycles. The second-order valence-electron chi connectivity index (χ2n) is 4.04. The van der Waals surface area contributed by atoms with Crippen LogP contribution in [-0.2, 0) is 14.4 Å². The van der Waals surface area contributed by atoms with Crippen LogP contribution in [0.3, 0.4) is 0 Å². The highest BCUT2D eigenvalue weighted by atomic mass is 35.5. The minimum atomic E-state index is -0.412. The zero-order chi connectivity index (χ0) is 12.0. The molecular weight excluding hydrogens is 244 g/mol. The van der Waals surface area contributed by atoms with Gasteiger partial charge in [-0.3, -0.25) is 4.84 Å². The van der Waals surface area contributed by atoms with Crippen molar-refractivity contribution in [1.82, 2.24) is 5.32 Å². The van der Waals surface area contributed by atoms with Crippen LogP contribution >= 0.6 is 0 Å². The second kappa shape index (κ2) is 7.66. The van der Waals surface area contributed by atoms with Gasteiger partial charge in [-0.1, -0.05) is 13.5 Å². The van der Waals surface area contributed by atoms with Gasteiger partial charge in [0.25, 0.3) is 0 Å². The minimum Gasteiger partial charge on any atom is -1.00 e. The molecule has 5 nitrogen and oxygen atoms in total. The van der Waals surface area contributed by atoms with Crippen LogP contribution in [-0.4, -0.2) is 50.1 Å². The molecule has 1 aliphatic rings. The molecule has 0 spiro atoms. The number of likely N-dealkylation sites (N-methyl/N-ethyl adjacent to an activating group) is 1. The molecule has 0 aromatic carbocycles. The van der Waals surface area contributed by atoms with Crippen molar-refractivity contribution in [2.45, 2.75) is 19.6 Å². The van der Waals surface area contributed by atoms with E-state index in [9.17, 15) is 4.79 Å². The lowest BCUT2D eigenvalue weighted by molar-refractivity contribution is -1.11. The molecule has 6 heteroatoms. The smallest absolute Gasteiger partial charge is 0.389 e. The molecule has 100 valence electrons. The number of morpholine rings is 1. The summed E-state index contributed by atoms with van der Waals surface area (Å²) >= 11 is 0. The van der Waals surface area contributed by atoms with Crippen molar-refractivity contribution >= 4 is 5.97 Å². The Morgan fingerprint density at radius 2 is 2.41 bits per heavy atom. The molecule has 17 heavy (non-hydrogen) atoms. The number of quaternary nitrogens is 1. The first-order valence-corrected chi connectivity index (χ1v) is 5.66. The monoisotopic (exact) mass is 264 g/mol. The van der Waals surface area contributed by atoms with Gasteiger partial charge in [0.2, 0.25) is 6.23 Å². The van der Waals surface area contributed by atoms with Gasteiger partial charge in [0.15, 0.2) is 0 Å². The van der Waals surface area contributed by atoms with Gasteiger partial charge in [0.05, 0.1) is 13.2 Å². The highest BCUT2D eigenvalue weighted by molar-refractivity contribution is 5.80. The van der Waals surface area contributed by atoms with Gasteiger partial charge in [0, 0.05) is 12.6 Å². The Bertz CT molecular complexity index is 257. The fourth-order valence-electron chi connectivity index (χ4n) is 1.84. The van der Waals surface area contributed by atoms with E-state index >= 15 is 0 Å². The Morgan fingerprint density at radius 3 is 2.88 bits per heavy atom. The Kier molecular flexibility index (Phi) is 7.38. The molecule has 0 aromatic heterocycles. The van der Waals surface area contributed by atoms with E-state index in [2.05, 4.69) is 18.8 Å². The van der Waals surface area contributed by atoms with Crippen LogP contribution in [0.15, 0.2) is 12.7 Å². The van der Waals surface area contributed by atoms with E-state index in [1.807, 2.05) is 7.05 Å². The van der Waals surface area contributed by atoms with E-state index in [-0.39, 0.29) is 23.3 Å². The number of hydroxylamine groups is 3. The summed E-state index contributed by atoms with van der Waals surface area (Å²) in [5.41, 5.74) is 0. The van der Waals surface area contributed by atoms with E-state index in [1.54, 1.807) is 0 Å². The zero-order valence-electron chi connectivity index (χ0n) is 10.4. The van der Waals surface area contributed by atoms with Gasteiger partial charge in [-0.05, 0) is 6.42 Å². The third kappa shape index (κ3) is 4.63. The third-order valence-electron chi connectivity index (χ3n) is 2.65. The largest absolute Gasteiger partial charge is 1.00 e. The molecule has 2 unspecified atom stereocenters. The molecule has 1 rings (SSSR count). The molecular formula is C11H21ClN2O3. The maximum Gasteiger partial charge on any atom is 0.389 e. The van der Waals surface area contributed by atoms with Gasteiger partial charge in [-0.15, -0.1) is 4.65 Å². The van der Waals surface area contributed by atoms with Crippen molar-refractivity contribution in [3.8, 4) is 0 Å². The van der Waals surface area contributed by atoms with Gasteiger partial charge in [-0.2, -0.15) is 0 Å². The van der Waals surface area contributed by atoms with Gasteiger partial charge < -0.3 is 22.5 Å². The maximum absolute atomic E-state index is 11.3. The minimum absolute atomic E-state index is 0. The summed E-state index contributed by atoms with van der Waals surface area (Å²) in [6, 6.07) is 0. The summed E-state index contributed by atoms with van der Waals surface area (Å²) in [6.45, 7) is 8.37. The lowest BCUT2D eigenvalue weighted by atomic mass is 10.3. The van der Waals surface area contributed by atoms with E-state index in [0.717, 1.165) is 19.5 Å². The SMILES string of the molecule is C=CC(=O)O[N+](C)(CCC)C1CNCCO1.[Cl-]. The number of hydrogen-bond donors (Lipinski definition) is 1. The molecule has 1 aliphatic heterocycles. The van der Waals surface area contributed by atoms with Crippen LogP contribution in [0.25, 0.3) is 0 Å². The average Bonchev–Trinajstić information content (AvgIpc) is 2.30. The number of rotatable bonds is 5. The van der Waals surface area contributed by atoms with E-state index in [0.29, 0.717) is 13.2 Å². The highest BCUT2D eigenvalue weighted by Gasteiger charge is 2.38. The zero-order valence-corrected chi connectivity index (χ0v) is 11.2. The molecule has 0 radical (unpaired) electrons. The number of carbonyl (C=O) groups is 1. The molecule has 1 N–H and O–H groups in total. The summed E-state index contributed by atoms with van der Waals surface area (Å²) in [5, 5.41) is 3.23. The van der Waals surface area contributed by atoms with Crippen molar-refractivity contribution in [2.75, 3.05) is 33.3 Å². The molecule has 2 atom stereocenters. The molecule has 1 saturated heterocycles. The van der Waals surface area contributed by atoms with Crippen molar-refractivity contribution < 1.29 is 31.4 Å². The van der Waals surface area contributed by atoms with E-state index in [1.165, 1.54) is 6.08 Å². The fraction of sp³-hybridized carbons (Fsp3) is 0.727. The van der Waals surface area contributed by atoms with Crippen LogP contribution in [0, 0.1) is 0 Å². The Labute approximate surface area is 109 Å². The standard InChI is InChI=1S/C11H21N2O3.ClH/c1-4-7-13(3,16-11(14)5-2)10-9-12-6-8-15-10;/h5,10,12H,2,4,6-9H2,1,3H3;1H/q+1;/p-1. The molecule has 1 fully saturated rings. The van der Waals surface area contributed by atoms with Crippen LogP contribution in [0.4, 0.5) is 0 Å². The summed E-state index contributed by atoms with van der Waals surface area (Å²) in [5.74, 6) is -0.412. The molecule has 0 bridgehead atoms. The number of ether oxygens (including phenoxy) is 1. The summed E-state index contributed by atoms with van der Waals surface area (Å²) in [6.07, 6.45) is 1.96.